The average Bonchev–Trinajstić information content (AvgIpc) is 2.94. The van der Waals surface area contributed by atoms with Gasteiger partial charge in [0.05, 0.1) is 11.6 Å². The van der Waals surface area contributed by atoms with Crippen molar-refractivity contribution in [3.05, 3.63) is 70.0 Å². The molecule has 4 atom stereocenters. The first-order valence-corrected chi connectivity index (χ1v) is 14.2. The summed E-state index contributed by atoms with van der Waals surface area (Å²) in [6.07, 6.45) is 0.118. The number of nitrogens with one attached hydrogen (secondary N) is 1. The average molecular weight is 605 g/mol. The quantitative estimate of drug-likeness (QED) is 0.248. The number of carbonyl (C=O) groups is 4. The Morgan fingerprint density at radius 2 is 1.77 bits per heavy atom. The number of aliphatic hydroxyl groups is 3. The third kappa shape index (κ3) is 4.75. The smallest absolute Gasteiger partial charge is 0.255 e. The van der Waals surface area contributed by atoms with Gasteiger partial charge in [0, 0.05) is 30.1 Å². The van der Waals surface area contributed by atoms with E-state index in [1.54, 1.807) is 44.4 Å². The van der Waals surface area contributed by atoms with Crippen LogP contribution < -0.4 is 11.1 Å². The summed E-state index contributed by atoms with van der Waals surface area (Å²) < 4.78 is 0. The zero-order valence-electron chi connectivity index (χ0n) is 24.9. The summed E-state index contributed by atoms with van der Waals surface area (Å²) in [5.41, 5.74) is 3.76. The molecule has 0 radical (unpaired) electrons. The molecule has 2 amide bonds. The van der Waals surface area contributed by atoms with E-state index in [9.17, 15) is 39.6 Å². The van der Waals surface area contributed by atoms with Crippen LogP contribution in [0.1, 0.15) is 27.9 Å². The fraction of sp³-hybridized carbons (Fsp3) is 0.375. The molecule has 12 nitrogen and oxygen atoms in total. The van der Waals surface area contributed by atoms with Crippen molar-refractivity contribution in [1.29, 1.82) is 0 Å². The maximum absolute atomic E-state index is 14.0. The van der Waals surface area contributed by atoms with Crippen LogP contribution in [-0.4, -0.2) is 107 Å². The number of nitrogens with two attached hydrogens (primary N) is 1. The van der Waals surface area contributed by atoms with Crippen molar-refractivity contribution >= 4 is 29.1 Å². The number of phenolic OH excluding ortho intramolecular Hbond substituents is 1. The highest BCUT2D eigenvalue weighted by Crippen LogP contribution is 2.53. The topological polar surface area (TPSA) is 194 Å². The van der Waals surface area contributed by atoms with E-state index >= 15 is 0 Å². The molecule has 2 aromatic rings. The van der Waals surface area contributed by atoms with E-state index < -0.39 is 58.0 Å². The second kappa shape index (κ2) is 11.2. The van der Waals surface area contributed by atoms with Gasteiger partial charge in [0.2, 0.25) is 5.78 Å². The van der Waals surface area contributed by atoms with E-state index in [1.165, 1.54) is 11.0 Å². The van der Waals surface area contributed by atoms with E-state index in [0.29, 0.717) is 35.3 Å². The van der Waals surface area contributed by atoms with Crippen molar-refractivity contribution in [3.8, 4) is 16.9 Å². The number of nitrogens with zero attached hydrogens (tertiary/aromatic N) is 2. The number of benzene rings is 2. The molecule has 7 N–H and O–H groups in total. The summed E-state index contributed by atoms with van der Waals surface area (Å²) in [7, 11) is 6.91. The van der Waals surface area contributed by atoms with E-state index in [-0.39, 0.29) is 35.6 Å². The lowest BCUT2D eigenvalue weighted by Gasteiger charge is -2.50. The van der Waals surface area contributed by atoms with Crippen LogP contribution in [0.25, 0.3) is 16.9 Å². The van der Waals surface area contributed by atoms with Gasteiger partial charge in [0.15, 0.2) is 11.4 Å². The first-order valence-electron chi connectivity index (χ1n) is 14.2. The third-order valence-electron chi connectivity index (χ3n) is 8.88. The molecule has 0 saturated heterocycles. The molecule has 0 unspecified atom stereocenters. The molecule has 0 heterocycles. The largest absolute Gasteiger partial charge is 0.508 e. The van der Waals surface area contributed by atoms with E-state index in [0.717, 1.165) is 0 Å². The van der Waals surface area contributed by atoms with Crippen molar-refractivity contribution in [2.45, 2.75) is 24.5 Å². The molecule has 0 spiro atoms. The Hall–Kier alpha value is -4.52. The number of amides is 2. The number of aromatic hydroxyl groups is 1. The zero-order valence-corrected chi connectivity index (χ0v) is 24.9. The van der Waals surface area contributed by atoms with Crippen LogP contribution in [0.2, 0.25) is 0 Å². The van der Waals surface area contributed by atoms with Gasteiger partial charge in [-0.05, 0) is 81.8 Å². The number of likely N-dealkylation sites (N-methyl/N-ethyl adjacent to an activating group) is 2. The molecule has 0 aromatic heterocycles. The fourth-order valence-electron chi connectivity index (χ4n) is 6.84. The Morgan fingerprint density at radius 3 is 2.41 bits per heavy atom. The number of ketones is 2. The molecule has 0 aliphatic heterocycles. The minimum atomic E-state index is -2.70. The lowest BCUT2D eigenvalue weighted by atomic mass is 9.57. The SMILES string of the molecule is CN(C)CCNC(=O)c1cccc(-c2ccc(O)c3c2C[C@@H]2C[C@@H]4[C@@H](N(C)C)C(=O)C(C(N)=O)=C(O)[C@]4(O)C(=O)C2=C3O)c1. The monoisotopic (exact) mass is 604 g/mol. The maximum Gasteiger partial charge on any atom is 0.255 e. The summed E-state index contributed by atoms with van der Waals surface area (Å²) in [5, 5.41) is 48.0. The molecule has 1 fully saturated rings. The molecular formula is C32H36N4O8. The molecule has 1 saturated carbocycles. The van der Waals surface area contributed by atoms with Crippen LogP contribution in [0, 0.1) is 11.8 Å². The Morgan fingerprint density at radius 1 is 1.07 bits per heavy atom. The number of fused-ring (bicyclic) bond motifs is 3. The highest BCUT2D eigenvalue weighted by Gasteiger charge is 2.64. The predicted molar refractivity (Wildman–Crippen MR) is 161 cm³/mol. The maximum atomic E-state index is 14.0. The van der Waals surface area contributed by atoms with Crippen LogP contribution in [0.3, 0.4) is 0 Å². The summed E-state index contributed by atoms with van der Waals surface area (Å²) in [5.74, 6) is -7.33. The number of hydrogen-bond acceptors (Lipinski definition) is 10. The molecule has 2 aromatic carbocycles. The number of carbonyl (C=O) groups excluding carboxylic acids is 4. The van der Waals surface area contributed by atoms with E-state index in [4.69, 9.17) is 5.73 Å². The van der Waals surface area contributed by atoms with Crippen molar-refractivity contribution in [2.24, 2.45) is 17.6 Å². The normalized spacial score (nSPS) is 24.8. The zero-order chi connectivity index (χ0) is 32.2. The standard InChI is InChI=1S/C32H36N4O8/c1-35(2)11-10-34-31(43)16-7-5-6-15(12-16)18-8-9-21(37)23-19(18)13-17-14-20-25(36(3)4)27(39)24(30(33)42)29(41)32(20,44)28(40)22(17)26(23)38/h5-9,12,17,20,25,37-38,41,44H,10-11,13-14H2,1-4H3,(H2,33,42)(H,34,43)/t17-,20-,25-,32-/m1/s1. The summed E-state index contributed by atoms with van der Waals surface area (Å²) in [6, 6.07) is 8.76. The van der Waals surface area contributed by atoms with Crippen LogP contribution in [0.5, 0.6) is 5.75 Å². The Balaban J connectivity index is 1.62. The minimum absolute atomic E-state index is 0.0142. The van der Waals surface area contributed by atoms with Crippen molar-refractivity contribution in [3.63, 3.8) is 0 Å². The van der Waals surface area contributed by atoms with Gasteiger partial charge in [-0.25, -0.2) is 0 Å². The van der Waals surface area contributed by atoms with Gasteiger partial charge < -0.3 is 36.4 Å². The second-order valence-electron chi connectivity index (χ2n) is 12.1. The summed E-state index contributed by atoms with van der Waals surface area (Å²) in [6.45, 7) is 1.12. The molecule has 5 rings (SSSR count). The van der Waals surface area contributed by atoms with Crippen LogP contribution in [-0.2, 0) is 20.8 Å². The molecule has 3 aliphatic rings. The first kappa shape index (κ1) is 30.9. The second-order valence-corrected chi connectivity index (χ2v) is 12.1. The highest BCUT2D eigenvalue weighted by molar-refractivity contribution is 6.24. The molecule has 12 heteroatoms. The van der Waals surface area contributed by atoms with E-state index in [2.05, 4.69) is 5.32 Å². The summed E-state index contributed by atoms with van der Waals surface area (Å²) >= 11 is 0. The number of rotatable bonds is 7. The number of phenols is 1. The lowest BCUT2D eigenvalue weighted by molar-refractivity contribution is -0.153. The fourth-order valence-corrected chi connectivity index (χ4v) is 6.84. The minimum Gasteiger partial charge on any atom is -0.508 e. The van der Waals surface area contributed by atoms with E-state index in [1.807, 2.05) is 19.0 Å². The van der Waals surface area contributed by atoms with Gasteiger partial charge in [-0.2, -0.15) is 0 Å². The number of Topliss-reactive ketones (excluding diaryl/α,β-unsaturated/α-hetero) is 2. The molecule has 0 bridgehead atoms. The first-order chi connectivity index (χ1) is 20.7. The van der Waals surface area contributed by atoms with Gasteiger partial charge in [0.1, 0.15) is 22.8 Å². The Labute approximate surface area is 254 Å². The van der Waals surface area contributed by atoms with Crippen LogP contribution in [0.4, 0.5) is 0 Å². The van der Waals surface area contributed by atoms with Gasteiger partial charge in [-0.1, -0.05) is 18.2 Å². The Bertz CT molecular complexity index is 1660. The molecule has 3 aliphatic carbocycles. The van der Waals surface area contributed by atoms with Crippen molar-refractivity contribution in [2.75, 3.05) is 41.3 Å². The Kier molecular flexibility index (Phi) is 7.87. The molecule has 232 valence electrons. The third-order valence-corrected chi connectivity index (χ3v) is 8.88. The highest BCUT2D eigenvalue weighted by atomic mass is 16.3. The van der Waals surface area contributed by atoms with Gasteiger partial charge in [0.25, 0.3) is 11.8 Å². The molecule has 44 heavy (non-hydrogen) atoms. The van der Waals surface area contributed by atoms with Gasteiger partial charge in [-0.15, -0.1) is 0 Å². The number of aliphatic hydroxyl groups excluding tert-OH is 2. The van der Waals surface area contributed by atoms with Crippen LogP contribution >= 0.6 is 0 Å². The van der Waals surface area contributed by atoms with Crippen LogP contribution in [0.15, 0.2) is 53.3 Å². The van der Waals surface area contributed by atoms with Crippen molar-refractivity contribution < 1.29 is 39.6 Å². The predicted octanol–water partition coefficient (Wildman–Crippen LogP) is 0.922. The van der Waals surface area contributed by atoms with Gasteiger partial charge in [-0.3, -0.25) is 24.1 Å². The van der Waals surface area contributed by atoms with Gasteiger partial charge >= 0.3 is 0 Å². The summed E-state index contributed by atoms with van der Waals surface area (Å²) in [4.78, 5) is 55.7. The lowest BCUT2D eigenvalue weighted by Crippen LogP contribution is -2.65. The van der Waals surface area contributed by atoms with Crippen molar-refractivity contribution in [1.82, 2.24) is 15.1 Å². The number of primary amides is 1. The number of hydrogen-bond donors (Lipinski definition) is 6. The molecular weight excluding hydrogens is 568 g/mol.